The van der Waals surface area contributed by atoms with Crippen molar-refractivity contribution in [3.05, 3.63) is 52.3 Å². The zero-order valence-corrected chi connectivity index (χ0v) is 13.0. The summed E-state index contributed by atoms with van der Waals surface area (Å²) < 4.78 is 23.8. The average Bonchev–Trinajstić information content (AvgIpc) is 2.49. The molecule has 1 amide bonds. The molecule has 2 rings (SSSR count). The van der Waals surface area contributed by atoms with E-state index in [1.165, 1.54) is 32.4 Å². The number of benzene rings is 2. The zero-order valence-electron chi connectivity index (χ0n) is 11.4. The topological polar surface area (TPSA) is 47.6 Å². The lowest BCUT2D eigenvalue weighted by molar-refractivity contribution is 0.102. The van der Waals surface area contributed by atoms with E-state index in [0.717, 1.165) is 0 Å². The largest absolute Gasteiger partial charge is 0.497 e. The van der Waals surface area contributed by atoms with E-state index in [1.807, 2.05) is 0 Å². The molecule has 0 bridgehead atoms. The molecule has 0 heterocycles. The van der Waals surface area contributed by atoms with Gasteiger partial charge >= 0.3 is 0 Å². The molecule has 4 nitrogen and oxygen atoms in total. The molecule has 0 saturated heterocycles. The van der Waals surface area contributed by atoms with E-state index in [1.54, 1.807) is 18.2 Å². The van der Waals surface area contributed by atoms with Crippen LogP contribution in [0.25, 0.3) is 0 Å². The third-order valence-electron chi connectivity index (χ3n) is 2.81. The quantitative estimate of drug-likeness (QED) is 0.907. The molecule has 2 aromatic carbocycles. The van der Waals surface area contributed by atoms with Crippen LogP contribution in [-0.4, -0.2) is 20.1 Å². The predicted octanol–water partition coefficient (Wildman–Crippen LogP) is 3.86. The molecule has 2 aromatic rings. The van der Waals surface area contributed by atoms with Gasteiger partial charge in [-0.15, -0.1) is 0 Å². The molecule has 0 saturated carbocycles. The number of amides is 1. The van der Waals surface area contributed by atoms with Gasteiger partial charge in [0.2, 0.25) is 0 Å². The van der Waals surface area contributed by atoms with Gasteiger partial charge in [-0.05, 0) is 28.1 Å². The fraction of sp³-hybridized carbons (Fsp3) is 0.133. The molecular weight excluding hydrogens is 341 g/mol. The number of carbonyl (C=O) groups excluding carboxylic acids is 1. The molecule has 0 aliphatic rings. The SMILES string of the molecule is COc1cc(NC(=O)c2cccc(F)c2Br)cc(OC)c1. The molecule has 0 aliphatic carbocycles. The molecule has 0 radical (unpaired) electrons. The Kier molecular flexibility index (Phi) is 4.80. The van der Waals surface area contributed by atoms with Crippen LogP contribution in [0.4, 0.5) is 10.1 Å². The van der Waals surface area contributed by atoms with E-state index in [0.29, 0.717) is 17.2 Å². The summed E-state index contributed by atoms with van der Waals surface area (Å²) in [6.07, 6.45) is 0. The second-order valence-electron chi connectivity index (χ2n) is 4.16. The van der Waals surface area contributed by atoms with Crippen molar-refractivity contribution in [2.45, 2.75) is 0 Å². The molecule has 0 aliphatic heterocycles. The lowest BCUT2D eigenvalue weighted by Gasteiger charge is -2.10. The Morgan fingerprint density at radius 3 is 2.33 bits per heavy atom. The van der Waals surface area contributed by atoms with Gasteiger partial charge < -0.3 is 14.8 Å². The third kappa shape index (κ3) is 3.52. The highest BCUT2D eigenvalue weighted by Gasteiger charge is 2.14. The minimum Gasteiger partial charge on any atom is -0.497 e. The number of anilines is 1. The number of carbonyl (C=O) groups is 1. The Morgan fingerprint density at radius 1 is 1.14 bits per heavy atom. The number of halogens is 2. The Morgan fingerprint density at radius 2 is 1.76 bits per heavy atom. The predicted molar refractivity (Wildman–Crippen MR) is 81.6 cm³/mol. The Labute approximate surface area is 130 Å². The van der Waals surface area contributed by atoms with Crippen molar-refractivity contribution < 1.29 is 18.7 Å². The van der Waals surface area contributed by atoms with Crippen molar-refractivity contribution in [2.24, 2.45) is 0 Å². The Hall–Kier alpha value is -2.08. The van der Waals surface area contributed by atoms with Crippen LogP contribution in [0.15, 0.2) is 40.9 Å². The molecule has 21 heavy (non-hydrogen) atoms. The maximum absolute atomic E-state index is 13.4. The number of hydrogen-bond acceptors (Lipinski definition) is 3. The normalized spacial score (nSPS) is 10.1. The zero-order chi connectivity index (χ0) is 15.4. The first kappa shape index (κ1) is 15.3. The third-order valence-corrected chi connectivity index (χ3v) is 3.61. The Balaban J connectivity index is 2.29. The fourth-order valence-corrected chi connectivity index (χ4v) is 2.20. The van der Waals surface area contributed by atoms with Crippen molar-refractivity contribution in [3.63, 3.8) is 0 Å². The summed E-state index contributed by atoms with van der Waals surface area (Å²) in [4.78, 5) is 12.2. The number of nitrogens with one attached hydrogen (secondary N) is 1. The van der Waals surface area contributed by atoms with Crippen molar-refractivity contribution in [3.8, 4) is 11.5 Å². The van der Waals surface area contributed by atoms with Gasteiger partial charge in [-0.3, -0.25) is 4.79 Å². The van der Waals surface area contributed by atoms with Crippen LogP contribution in [0.2, 0.25) is 0 Å². The maximum atomic E-state index is 13.4. The van der Waals surface area contributed by atoms with Gasteiger partial charge in [0, 0.05) is 23.9 Å². The highest BCUT2D eigenvalue weighted by molar-refractivity contribution is 9.10. The first-order valence-corrected chi connectivity index (χ1v) is 6.83. The van der Waals surface area contributed by atoms with Crippen LogP contribution in [0.5, 0.6) is 11.5 Å². The highest BCUT2D eigenvalue weighted by atomic mass is 79.9. The minimum atomic E-state index is -0.495. The van der Waals surface area contributed by atoms with E-state index in [9.17, 15) is 9.18 Å². The van der Waals surface area contributed by atoms with Gasteiger partial charge in [-0.1, -0.05) is 6.07 Å². The second kappa shape index (κ2) is 6.58. The van der Waals surface area contributed by atoms with Crippen molar-refractivity contribution in [1.29, 1.82) is 0 Å². The van der Waals surface area contributed by atoms with Crippen LogP contribution in [0, 0.1) is 5.82 Å². The number of hydrogen-bond donors (Lipinski definition) is 1. The standard InChI is InChI=1S/C15H13BrFNO3/c1-20-10-6-9(7-11(8-10)21-2)18-15(19)12-4-3-5-13(17)14(12)16/h3-8H,1-2H3,(H,18,19). The molecule has 1 N–H and O–H groups in total. The monoisotopic (exact) mass is 353 g/mol. The van der Waals surface area contributed by atoms with Crippen LogP contribution >= 0.6 is 15.9 Å². The summed E-state index contributed by atoms with van der Waals surface area (Å²) in [6.45, 7) is 0. The van der Waals surface area contributed by atoms with Crippen molar-refractivity contribution >= 4 is 27.5 Å². The first-order valence-electron chi connectivity index (χ1n) is 6.03. The summed E-state index contributed by atoms with van der Waals surface area (Å²) in [6, 6.07) is 9.26. The van der Waals surface area contributed by atoms with Crippen LogP contribution in [0.1, 0.15) is 10.4 Å². The molecule has 0 spiro atoms. The number of ether oxygens (including phenoxy) is 2. The van der Waals surface area contributed by atoms with Crippen molar-refractivity contribution in [2.75, 3.05) is 19.5 Å². The highest BCUT2D eigenvalue weighted by Crippen LogP contribution is 2.27. The van der Waals surface area contributed by atoms with Gasteiger partial charge in [0.05, 0.1) is 24.3 Å². The van der Waals surface area contributed by atoms with Gasteiger partial charge in [-0.25, -0.2) is 4.39 Å². The first-order chi connectivity index (χ1) is 10.0. The molecule has 0 fully saturated rings. The molecule has 0 aromatic heterocycles. The molecule has 6 heteroatoms. The van der Waals surface area contributed by atoms with Gasteiger partial charge in [0.15, 0.2) is 0 Å². The smallest absolute Gasteiger partial charge is 0.256 e. The Bertz CT molecular complexity index is 654. The minimum absolute atomic E-state index is 0.123. The lowest BCUT2D eigenvalue weighted by atomic mass is 10.2. The molecule has 0 unspecified atom stereocenters. The second-order valence-corrected chi connectivity index (χ2v) is 4.95. The van der Waals surface area contributed by atoms with E-state index in [2.05, 4.69) is 21.2 Å². The maximum Gasteiger partial charge on any atom is 0.256 e. The van der Waals surface area contributed by atoms with E-state index >= 15 is 0 Å². The summed E-state index contributed by atoms with van der Waals surface area (Å²) in [7, 11) is 3.03. The molecule has 0 atom stereocenters. The van der Waals surface area contributed by atoms with E-state index in [4.69, 9.17) is 9.47 Å². The van der Waals surface area contributed by atoms with Gasteiger partial charge in [0.1, 0.15) is 17.3 Å². The summed E-state index contributed by atoms with van der Waals surface area (Å²) in [5.74, 6) is 0.161. The van der Waals surface area contributed by atoms with Gasteiger partial charge in [0.25, 0.3) is 5.91 Å². The van der Waals surface area contributed by atoms with Crippen LogP contribution in [0.3, 0.4) is 0 Å². The number of rotatable bonds is 4. The van der Waals surface area contributed by atoms with Crippen molar-refractivity contribution in [1.82, 2.24) is 0 Å². The van der Waals surface area contributed by atoms with Gasteiger partial charge in [-0.2, -0.15) is 0 Å². The summed E-state index contributed by atoms with van der Waals surface area (Å²) >= 11 is 3.07. The number of methoxy groups -OCH3 is 2. The lowest BCUT2D eigenvalue weighted by Crippen LogP contribution is -2.13. The van der Waals surface area contributed by atoms with Crippen LogP contribution in [-0.2, 0) is 0 Å². The summed E-state index contributed by atoms with van der Waals surface area (Å²) in [5, 5.41) is 2.68. The summed E-state index contributed by atoms with van der Waals surface area (Å²) in [5.41, 5.74) is 0.698. The van der Waals surface area contributed by atoms with E-state index < -0.39 is 11.7 Å². The average molecular weight is 354 g/mol. The molecule has 110 valence electrons. The van der Waals surface area contributed by atoms with Crippen LogP contribution < -0.4 is 14.8 Å². The molecular formula is C15H13BrFNO3. The fourth-order valence-electron chi connectivity index (χ4n) is 1.76. The van der Waals surface area contributed by atoms with E-state index in [-0.39, 0.29) is 10.0 Å².